The van der Waals surface area contributed by atoms with Crippen LogP contribution < -0.4 is 9.47 Å². The SMILES string of the molecule is COc1cccc(C(=O)N2CCN(C(=O)c3cccc(OCc4cccc(C)c4)c3)CC2)c1. The van der Waals surface area contributed by atoms with Crippen LogP contribution in [0.15, 0.2) is 72.8 Å². The van der Waals surface area contributed by atoms with Crippen molar-refractivity contribution < 1.29 is 19.1 Å². The van der Waals surface area contributed by atoms with Crippen LogP contribution in [0.1, 0.15) is 31.8 Å². The van der Waals surface area contributed by atoms with Gasteiger partial charge < -0.3 is 19.3 Å². The summed E-state index contributed by atoms with van der Waals surface area (Å²) >= 11 is 0. The van der Waals surface area contributed by atoms with Gasteiger partial charge in [-0.2, -0.15) is 0 Å². The Morgan fingerprint density at radius 3 is 1.88 bits per heavy atom. The van der Waals surface area contributed by atoms with Crippen molar-refractivity contribution in [2.24, 2.45) is 0 Å². The molecular formula is C27H28N2O4. The van der Waals surface area contributed by atoms with E-state index in [0.29, 0.717) is 55.4 Å². The van der Waals surface area contributed by atoms with Gasteiger partial charge in [-0.25, -0.2) is 0 Å². The average molecular weight is 445 g/mol. The number of hydrogen-bond acceptors (Lipinski definition) is 4. The molecule has 6 heteroatoms. The second-order valence-corrected chi connectivity index (χ2v) is 8.12. The maximum atomic E-state index is 13.1. The average Bonchev–Trinajstić information content (AvgIpc) is 2.87. The molecule has 1 fully saturated rings. The van der Waals surface area contributed by atoms with Crippen molar-refractivity contribution in [3.8, 4) is 11.5 Å². The fraction of sp³-hybridized carbons (Fsp3) is 0.259. The van der Waals surface area contributed by atoms with Crippen LogP contribution in [0, 0.1) is 6.92 Å². The van der Waals surface area contributed by atoms with Gasteiger partial charge in [-0.1, -0.05) is 42.0 Å². The first-order valence-corrected chi connectivity index (χ1v) is 11.0. The summed E-state index contributed by atoms with van der Waals surface area (Å²) in [7, 11) is 1.58. The molecule has 0 N–H and O–H groups in total. The lowest BCUT2D eigenvalue weighted by Gasteiger charge is -2.35. The van der Waals surface area contributed by atoms with E-state index in [0.717, 1.165) is 5.56 Å². The molecule has 0 unspecified atom stereocenters. The van der Waals surface area contributed by atoms with Crippen molar-refractivity contribution in [1.82, 2.24) is 9.80 Å². The standard InChI is InChI=1S/C27H28N2O4/c1-20-6-3-7-21(16-20)19-33-25-11-5-9-23(18-25)27(31)29-14-12-28(13-15-29)26(30)22-8-4-10-24(17-22)32-2/h3-11,16-18H,12-15,19H2,1-2H3. The first kappa shape index (κ1) is 22.4. The van der Waals surface area contributed by atoms with E-state index in [1.54, 1.807) is 47.2 Å². The Labute approximate surface area is 194 Å². The highest BCUT2D eigenvalue weighted by atomic mass is 16.5. The summed E-state index contributed by atoms with van der Waals surface area (Å²) in [6.45, 7) is 4.46. The monoisotopic (exact) mass is 444 g/mol. The Kier molecular flexibility index (Phi) is 6.93. The zero-order chi connectivity index (χ0) is 23.2. The van der Waals surface area contributed by atoms with Crippen LogP contribution in [-0.4, -0.2) is 54.9 Å². The van der Waals surface area contributed by atoms with E-state index >= 15 is 0 Å². The lowest BCUT2D eigenvalue weighted by Crippen LogP contribution is -2.50. The number of methoxy groups -OCH3 is 1. The van der Waals surface area contributed by atoms with Gasteiger partial charge in [-0.05, 0) is 48.9 Å². The molecule has 0 aliphatic carbocycles. The van der Waals surface area contributed by atoms with Gasteiger partial charge in [0.2, 0.25) is 0 Å². The van der Waals surface area contributed by atoms with Crippen molar-refractivity contribution in [3.05, 3.63) is 95.1 Å². The van der Waals surface area contributed by atoms with E-state index < -0.39 is 0 Å². The van der Waals surface area contributed by atoms with E-state index in [2.05, 4.69) is 6.07 Å². The van der Waals surface area contributed by atoms with E-state index in [-0.39, 0.29) is 11.8 Å². The molecule has 0 bridgehead atoms. The maximum absolute atomic E-state index is 13.1. The van der Waals surface area contributed by atoms with E-state index in [1.165, 1.54) is 5.56 Å². The maximum Gasteiger partial charge on any atom is 0.254 e. The van der Waals surface area contributed by atoms with Crippen molar-refractivity contribution in [1.29, 1.82) is 0 Å². The molecule has 6 nitrogen and oxygen atoms in total. The summed E-state index contributed by atoms with van der Waals surface area (Å²) in [6, 6.07) is 22.6. The topological polar surface area (TPSA) is 59.1 Å². The Balaban J connectivity index is 1.34. The Bertz CT molecular complexity index is 1140. The van der Waals surface area contributed by atoms with Crippen LogP contribution in [0.2, 0.25) is 0 Å². The van der Waals surface area contributed by atoms with Gasteiger partial charge >= 0.3 is 0 Å². The number of rotatable bonds is 6. The summed E-state index contributed by atoms with van der Waals surface area (Å²) in [5.74, 6) is 1.21. The number of hydrogen-bond donors (Lipinski definition) is 0. The highest BCUT2D eigenvalue weighted by Gasteiger charge is 2.26. The zero-order valence-corrected chi connectivity index (χ0v) is 19.0. The lowest BCUT2D eigenvalue weighted by molar-refractivity contribution is 0.0535. The van der Waals surface area contributed by atoms with Gasteiger partial charge in [0.25, 0.3) is 11.8 Å². The van der Waals surface area contributed by atoms with Crippen LogP contribution >= 0.6 is 0 Å². The molecule has 1 heterocycles. The van der Waals surface area contributed by atoms with E-state index in [4.69, 9.17) is 9.47 Å². The number of carbonyl (C=O) groups excluding carboxylic acids is 2. The third-order valence-corrected chi connectivity index (χ3v) is 5.74. The number of aryl methyl sites for hydroxylation is 1. The molecule has 170 valence electrons. The van der Waals surface area contributed by atoms with E-state index in [1.807, 2.05) is 43.3 Å². The molecular weight excluding hydrogens is 416 g/mol. The normalized spacial score (nSPS) is 13.5. The number of ether oxygens (including phenoxy) is 2. The van der Waals surface area contributed by atoms with Crippen molar-refractivity contribution in [2.75, 3.05) is 33.3 Å². The molecule has 0 spiro atoms. The highest BCUT2D eigenvalue weighted by molar-refractivity contribution is 5.96. The molecule has 3 aromatic carbocycles. The molecule has 33 heavy (non-hydrogen) atoms. The fourth-order valence-corrected chi connectivity index (χ4v) is 3.92. The Hall–Kier alpha value is -3.80. The number of benzene rings is 3. The highest BCUT2D eigenvalue weighted by Crippen LogP contribution is 2.19. The summed E-state index contributed by atoms with van der Waals surface area (Å²) < 4.78 is 11.1. The minimum Gasteiger partial charge on any atom is -0.497 e. The van der Waals surface area contributed by atoms with Crippen LogP contribution in [0.25, 0.3) is 0 Å². The number of amides is 2. The third-order valence-electron chi connectivity index (χ3n) is 5.74. The number of piperazine rings is 1. The third kappa shape index (κ3) is 5.52. The van der Waals surface area contributed by atoms with Gasteiger partial charge in [-0.15, -0.1) is 0 Å². The molecule has 0 atom stereocenters. The van der Waals surface area contributed by atoms with Crippen molar-refractivity contribution >= 4 is 11.8 Å². The van der Waals surface area contributed by atoms with Crippen molar-refractivity contribution in [2.45, 2.75) is 13.5 Å². The molecule has 0 saturated carbocycles. The quantitative estimate of drug-likeness (QED) is 0.572. The summed E-state index contributed by atoms with van der Waals surface area (Å²) in [5.41, 5.74) is 3.45. The summed E-state index contributed by atoms with van der Waals surface area (Å²) in [6.07, 6.45) is 0. The Morgan fingerprint density at radius 2 is 1.30 bits per heavy atom. The second-order valence-electron chi connectivity index (χ2n) is 8.12. The first-order chi connectivity index (χ1) is 16.0. The molecule has 0 radical (unpaired) electrons. The summed E-state index contributed by atoms with van der Waals surface area (Å²) in [5, 5.41) is 0. The predicted octanol–water partition coefficient (Wildman–Crippen LogP) is 4.18. The lowest BCUT2D eigenvalue weighted by atomic mass is 10.1. The van der Waals surface area contributed by atoms with Crippen LogP contribution in [0.3, 0.4) is 0 Å². The molecule has 4 rings (SSSR count). The molecule has 1 aliphatic heterocycles. The van der Waals surface area contributed by atoms with Gasteiger partial charge in [0.15, 0.2) is 0 Å². The van der Waals surface area contributed by atoms with Crippen LogP contribution in [0.4, 0.5) is 0 Å². The van der Waals surface area contributed by atoms with Crippen LogP contribution in [-0.2, 0) is 6.61 Å². The molecule has 3 aromatic rings. The van der Waals surface area contributed by atoms with E-state index in [9.17, 15) is 9.59 Å². The molecule has 1 saturated heterocycles. The smallest absolute Gasteiger partial charge is 0.254 e. The number of nitrogens with zero attached hydrogens (tertiary/aromatic N) is 2. The number of carbonyl (C=O) groups is 2. The Morgan fingerprint density at radius 1 is 0.758 bits per heavy atom. The van der Waals surface area contributed by atoms with Crippen LogP contribution in [0.5, 0.6) is 11.5 Å². The first-order valence-electron chi connectivity index (χ1n) is 11.0. The zero-order valence-electron chi connectivity index (χ0n) is 19.0. The predicted molar refractivity (Wildman–Crippen MR) is 127 cm³/mol. The molecule has 0 aromatic heterocycles. The van der Waals surface area contributed by atoms with Gasteiger partial charge in [0.1, 0.15) is 18.1 Å². The molecule has 1 aliphatic rings. The second kappa shape index (κ2) is 10.2. The summed E-state index contributed by atoms with van der Waals surface area (Å²) in [4.78, 5) is 29.4. The van der Waals surface area contributed by atoms with Gasteiger partial charge in [0, 0.05) is 37.3 Å². The van der Waals surface area contributed by atoms with Crippen molar-refractivity contribution in [3.63, 3.8) is 0 Å². The fourth-order valence-electron chi connectivity index (χ4n) is 3.92. The molecule has 2 amide bonds. The minimum absolute atomic E-state index is 0.0486. The minimum atomic E-state index is -0.0514. The van der Waals surface area contributed by atoms with Gasteiger partial charge in [0.05, 0.1) is 7.11 Å². The van der Waals surface area contributed by atoms with Gasteiger partial charge in [-0.3, -0.25) is 9.59 Å². The largest absolute Gasteiger partial charge is 0.497 e.